The number of ether oxygens (including phenoxy) is 1. The first-order valence-corrected chi connectivity index (χ1v) is 5.58. The smallest absolute Gasteiger partial charge is 0.337 e. The number of methoxy groups -OCH3 is 1. The molecule has 1 aromatic heterocycles. The molecule has 2 aromatic rings. The van der Waals surface area contributed by atoms with Crippen LogP contribution in [-0.2, 0) is 4.74 Å². The summed E-state index contributed by atoms with van der Waals surface area (Å²) < 4.78 is 9.73. The first-order valence-electron chi connectivity index (χ1n) is 5.58. The molecule has 0 atom stereocenters. The number of carboxylic acid groups (broad SMARTS) is 1. The maximum Gasteiger partial charge on any atom is 0.337 e. The van der Waals surface area contributed by atoms with Gasteiger partial charge in [-0.3, -0.25) is 4.79 Å². The number of furan rings is 1. The molecule has 6 heteroatoms. The summed E-state index contributed by atoms with van der Waals surface area (Å²) in [6, 6.07) is 6.98. The highest BCUT2D eigenvalue weighted by Crippen LogP contribution is 2.27. The molecule has 1 aromatic carbocycles. The van der Waals surface area contributed by atoms with E-state index < -0.39 is 11.9 Å². The monoisotopic (exact) mass is 274 g/mol. The zero-order valence-corrected chi connectivity index (χ0v) is 10.5. The van der Waals surface area contributed by atoms with Gasteiger partial charge in [0.15, 0.2) is 12.0 Å². The summed E-state index contributed by atoms with van der Waals surface area (Å²) in [6.45, 7) is 0. The third kappa shape index (κ3) is 2.44. The molecule has 0 aliphatic carbocycles. The highest BCUT2D eigenvalue weighted by molar-refractivity contribution is 5.99. The van der Waals surface area contributed by atoms with E-state index in [1.165, 1.54) is 37.4 Å². The molecular weight excluding hydrogens is 264 g/mol. The SMILES string of the molecule is COC(=O)c1ccc(-c2ccc(C=O)o2)c(C(=O)O)c1. The Kier molecular flexibility index (Phi) is 3.65. The number of carbonyl (C=O) groups is 3. The molecule has 1 N–H and O–H groups in total. The molecule has 0 fully saturated rings. The summed E-state index contributed by atoms with van der Waals surface area (Å²) in [7, 11) is 1.21. The Morgan fingerprint density at radius 3 is 2.55 bits per heavy atom. The van der Waals surface area contributed by atoms with Crippen molar-refractivity contribution < 1.29 is 28.6 Å². The minimum atomic E-state index is -1.21. The van der Waals surface area contributed by atoms with Gasteiger partial charge in [-0.1, -0.05) is 0 Å². The average molecular weight is 274 g/mol. The third-order valence-corrected chi connectivity index (χ3v) is 2.68. The molecule has 20 heavy (non-hydrogen) atoms. The predicted molar refractivity (Wildman–Crippen MR) is 67.8 cm³/mol. The van der Waals surface area contributed by atoms with Crippen LogP contribution in [0.5, 0.6) is 0 Å². The van der Waals surface area contributed by atoms with E-state index in [9.17, 15) is 19.5 Å². The van der Waals surface area contributed by atoms with Gasteiger partial charge in [0.05, 0.1) is 18.2 Å². The van der Waals surface area contributed by atoms with Crippen molar-refractivity contribution in [1.29, 1.82) is 0 Å². The van der Waals surface area contributed by atoms with Gasteiger partial charge in [-0.15, -0.1) is 0 Å². The van der Waals surface area contributed by atoms with Crippen LogP contribution in [0.3, 0.4) is 0 Å². The Morgan fingerprint density at radius 1 is 1.25 bits per heavy atom. The summed E-state index contributed by atoms with van der Waals surface area (Å²) in [4.78, 5) is 33.3. The van der Waals surface area contributed by atoms with Crippen LogP contribution in [0.1, 0.15) is 31.3 Å². The molecule has 0 unspecified atom stereocenters. The van der Waals surface area contributed by atoms with Crippen LogP contribution in [0.4, 0.5) is 0 Å². The van der Waals surface area contributed by atoms with E-state index in [0.717, 1.165) is 0 Å². The van der Waals surface area contributed by atoms with Crippen LogP contribution < -0.4 is 0 Å². The second-order valence-corrected chi connectivity index (χ2v) is 3.88. The van der Waals surface area contributed by atoms with Gasteiger partial charge in [-0.25, -0.2) is 9.59 Å². The predicted octanol–water partition coefficient (Wildman–Crippen LogP) is 2.24. The van der Waals surface area contributed by atoms with Gasteiger partial charge in [-0.05, 0) is 30.3 Å². The molecule has 0 saturated heterocycles. The van der Waals surface area contributed by atoms with E-state index in [4.69, 9.17) is 4.42 Å². The number of rotatable bonds is 4. The molecule has 0 saturated carbocycles. The van der Waals surface area contributed by atoms with Crippen molar-refractivity contribution in [2.75, 3.05) is 7.11 Å². The fourth-order valence-electron chi connectivity index (χ4n) is 1.74. The molecule has 0 radical (unpaired) electrons. The lowest BCUT2D eigenvalue weighted by molar-refractivity contribution is 0.0600. The van der Waals surface area contributed by atoms with Gasteiger partial charge in [0.2, 0.25) is 0 Å². The van der Waals surface area contributed by atoms with Crippen molar-refractivity contribution in [3.8, 4) is 11.3 Å². The Bertz CT molecular complexity index is 683. The van der Waals surface area contributed by atoms with Crippen molar-refractivity contribution in [3.63, 3.8) is 0 Å². The molecule has 0 aliphatic rings. The second kappa shape index (κ2) is 5.40. The lowest BCUT2D eigenvalue weighted by atomic mass is 10.0. The Morgan fingerprint density at radius 2 is 2.00 bits per heavy atom. The van der Waals surface area contributed by atoms with Gasteiger partial charge < -0.3 is 14.3 Å². The van der Waals surface area contributed by atoms with Gasteiger partial charge in [-0.2, -0.15) is 0 Å². The molecule has 6 nitrogen and oxygen atoms in total. The Labute approximate surface area is 113 Å². The van der Waals surface area contributed by atoms with E-state index in [1.807, 2.05) is 0 Å². The zero-order chi connectivity index (χ0) is 14.7. The van der Waals surface area contributed by atoms with Crippen LogP contribution in [0.15, 0.2) is 34.7 Å². The maximum absolute atomic E-state index is 11.4. The van der Waals surface area contributed by atoms with Crippen LogP contribution >= 0.6 is 0 Å². The lowest BCUT2D eigenvalue weighted by Crippen LogP contribution is -2.06. The molecule has 102 valence electrons. The van der Waals surface area contributed by atoms with Gasteiger partial charge in [0.1, 0.15) is 5.76 Å². The van der Waals surface area contributed by atoms with Crippen molar-refractivity contribution in [3.05, 3.63) is 47.2 Å². The highest BCUT2D eigenvalue weighted by Gasteiger charge is 2.18. The summed E-state index contributed by atoms with van der Waals surface area (Å²) in [5.74, 6) is -1.52. The second-order valence-electron chi connectivity index (χ2n) is 3.88. The van der Waals surface area contributed by atoms with Crippen LogP contribution in [-0.4, -0.2) is 30.4 Å². The van der Waals surface area contributed by atoms with E-state index in [2.05, 4.69) is 4.74 Å². The number of benzene rings is 1. The fraction of sp³-hybridized carbons (Fsp3) is 0.0714. The molecule has 0 aliphatic heterocycles. The lowest BCUT2D eigenvalue weighted by Gasteiger charge is -2.06. The number of hydrogen-bond donors (Lipinski definition) is 1. The quantitative estimate of drug-likeness (QED) is 0.678. The minimum absolute atomic E-state index is 0.0911. The number of aldehydes is 1. The average Bonchev–Trinajstić information content (AvgIpc) is 2.94. The zero-order valence-electron chi connectivity index (χ0n) is 10.5. The van der Waals surface area contributed by atoms with Crippen molar-refractivity contribution in [2.45, 2.75) is 0 Å². The Hall–Kier alpha value is -2.89. The van der Waals surface area contributed by atoms with Crippen molar-refractivity contribution in [1.82, 2.24) is 0 Å². The minimum Gasteiger partial charge on any atom is -0.478 e. The number of carbonyl (C=O) groups excluding carboxylic acids is 2. The maximum atomic E-state index is 11.4. The standard InChI is InChI=1S/C14H10O6/c1-19-14(18)8-2-4-10(11(6-8)13(16)17)12-5-3-9(7-15)20-12/h2-7H,1H3,(H,16,17). The summed E-state index contributed by atoms with van der Waals surface area (Å²) >= 11 is 0. The summed E-state index contributed by atoms with van der Waals surface area (Å²) in [5, 5.41) is 9.21. The molecule has 0 amide bonds. The Balaban J connectivity index is 2.55. The fourth-order valence-corrected chi connectivity index (χ4v) is 1.74. The number of esters is 1. The van der Waals surface area contributed by atoms with Crippen LogP contribution in [0.2, 0.25) is 0 Å². The van der Waals surface area contributed by atoms with Gasteiger partial charge >= 0.3 is 11.9 Å². The first-order chi connectivity index (χ1) is 9.56. The molecule has 1 heterocycles. The van der Waals surface area contributed by atoms with Crippen LogP contribution in [0.25, 0.3) is 11.3 Å². The highest BCUT2D eigenvalue weighted by atomic mass is 16.5. The van der Waals surface area contributed by atoms with Crippen molar-refractivity contribution in [2.24, 2.45) is 0 Å². The van der Waals surface area contributed by atoms with Crippen molar-refractivity contribution >= 4 is 18.2 Å². The molecule has 0 bridgehead atoms. The largest absolute Gasteiger partial charge is 0.478 e. The number of carboxylic acids is 1. The number of hydrogen-bond acceptors (Lipinski definition) is 5. The summed E-state index contributed by atoms with van der Waals surface area (Å²) in [5.41, 5.74) is 0.286. The molecular formula is C14H10O6. The van der Waals surface area contributed by atoms with Gasteiger partial charge in [0, 0.05) is 5.56 Å². The van der Waals surface area contributed by atoms with E-state index in [-0.39, 0.29) is 28.2 Å². The molecule has 2 rings (SSSR count). The summed E-state index contributed by atoms with van der Waals surface area (Å²) in [6.07, 6.45) is 0.521. The van der Waals surface area contributed by atoms with E-state index in [1.54, 1.807) is 0 Å². The normalized spacial score (nSPS) is 10.1. The first kappa shape index (κ1) is 13.5. The topological polar surface area (TPSA) is 93.8 Å². The van der Waals surface area contributed by atoms with Crippen LogP contribution in [0, 0.1) is 0 Å². The number of aromatic carboxylic acids is 1. The third-order valence-electron chi connectivity index (χ3n) is 2.68. The van der Waals surface area contributed by atoms with E-state index >= 15 is 0 Å². The molecule has 0 spiro atoms. The van der Waals surface area contributed by atoms with E-state index in [0.29, 0.717) is 6.29 Å². The van der Waals surface area contributed by atoms with Gasteiger partial charge in [0.25, 0.3) is 0 Å².